The SMILES string of the molecule is CCc1c(C(=O)N2CC[NH+](C)CC2)cnn1C(C)(C)C. The van der Waals surface area contributed by atoms with Gasteiger partial charge in [0.15, 0.2) is 0 Å². The molecule has 0 unspecified atom stereocenters. The van der Waals surface area contributed by atoms with Gasteiger partial charge in [-0.3, -0.25) is 9.48 Å². The molecule has 1 amide bonds. The fourth-order valence-electron chi connectivity index (χ4n) is 2.73. The van der Waals surface area contributed by atoms with Gasteiger partial charge in [0.05, 0.1) is 56.2 Å². The molecule has 112 valence electrons. The maximum Gasteiger partial charge on any atom is 0.257 e. The van der Waals surface area contributed by atoms with E-state index in [4.69, 9.17) is 0 Å². The van der Waals surface area contributed by atoms with Crippen molar-refractivity contribution in [3.63, 3.8) is 0 Å². The van der Waals surface area contributed by atoms with Gasteiger partial charge in [-0.1, -0.05) is 6.92 Å². The number of piperazine rings is 1. The molecule has 1 saturated heterocycles. The van der Waals surface area contributed by atoms with Gasteiger partial charge in [0.25, 0.3) is 5.91 Å². The number of likely N-dealkylation sites (N-methyl/N-ethyl adjacent to an activating group) is 1. The molecule has 0 radical (unpaired) electrons. The maximum absolute atomic E-state index is 12.7. The number of rotatable bonds is 2. The fourth-order valence-corrected chi connectivity index (χ4v) is 2.73. The molecule has 0 bridgehead atoms. The van der Waals surface area contributed by atoms with E-state index in [0.717, 1.165) is 43.9 Å². The van der Waals surface area contributed by atoms with E-state index in [-0.39, 0.29) is 11.4 Å². The van der Waals surface area contributed by atoms with Crippen molar-refractivity contribution in [1.29, 1.82) is 0 Å². The Hall–Kier alpha value is -1.36. The zero-order valence-electron chi connectivity index (χ0n) is 13.4. The smallest absolute Gasteiger partial charge is 0.257 e. The monoisotopic (exact) mass is 279 g/mol. The zero-order chi connectivity index (χ0) is 14.9. The number of nitrogens with one attached hydrogen (secondary N) is 1. The van der Waals surface area contributed by atoms with Gasteiger partial charge in [-0.05, 0) is 27.2 Å². The number of carbonyl (C=O) groups is 1. The minimum atomic E-state index is -0.0872. The van der Waals surface area contributed by atoms with Crippen molar-refractivity contribution >= 4 is 5.91 Å². The molecule has 1 aromatic heterocycles. The summed E-state index contributed by atoms with van der Waals surface area (Å²) in [6.07, 6.45) is 2.58. The molecule has 5 nitrogen and oxygen atoms in total. The first-order chi connectivity index (χ1) is 9.34. The molecule has 1 N–H and O–H groups in total. The standard InChI is InChI=1S/C15H26N4O/c1-6-13-12(11-16-19(13)15(2,3)4)14(20)18-9-7-17(5)8-10-18/h11H,6-10H2,1-5H3/p+1. The number of quaternary nitrogens is 1. The molecule has 0 aliphatic carbocycles. The summed E-state index contributed by atoms with van der Waals surface area (Å²) in [6, 6.07) is 0. The van der Waals surface area contributed by atoms with Crippen molar-refractivity contribution in [1.82, 2.24) is 14.7 Å². The van der Waals surface area contributed by atoms with Crippen LogP contribution in [0.4, 0.5) is 0 Å². The molecular formula is C15H27N4O+. The van der Waals surface area contributed by atoms with Crippen LogP contribution in [0.1, 0.15) is 43.7 Å². The van der Waals surface area contributed by atoms with Crippen LogP contribution in [0.3, 0.4) is 0 Å². The van der Waals surface area contributed by atoms with Crippen LogP contribution in [0, 0.1) is 0 Å². The lowest BCUT2D eigenvalue weighted by atomic mass is 10.1. The molecule has 20 heavy (non-hydrogen) atoms. The Balaban J connectivity index is 2.24. The van der Waals surface area contributed by atoms with Crippen LogP contribution in [0.5, 0.6) is 0 Å². The highest BCUT2D eigenvalue weighted by Gasteiger charge is 2.28. The molecule has 0 spiro atoms. The highest BCUT2D eigenvalue weighted by atomic mass is 16.2. The third-order valence-corrected chi connectivity index (χ3v) is 3.97. The van der Waals surface area contributed by atoms with E-state index >= 15 is 0 Å². The predicted molar refractivity (Wildman–Crippen MR) is 79.1 cm³/mol. The number of hydrogen-bond acceptors (Lipinski definition) is 2. The van der Waals surface area contributed by atoms with E-state index in [1.807, 2.05) is 9.58 Å². The Bertz CT molecular complexity index is 479. The van der Waals surface area contributed by atoms with Gasteiger partial charge in [-0.25, -0.2) is 0 Å². The van der Waals surface area contributed by atoms with E-state index < -0.39 is 0 Å². The first-order valence-electron chi connectivity index (χ1n) is 7.52. The Morgan fingerprint density at radius 1 is 1.35 bits per heavy atom. The van der Waals surface area contributed by atoms with Crippen molar-refractivity contribution in [3.8, 4) is 0 Å². The van der Waals surface area contributed by atoms with Crippen LogP contribution < -0.4 is 4.90 Å². The topological polar surface area (TPSA) is 42.6 Å². The van der Waals surface area contributed by atoms with Gasteiger partial charge in [-0.2, -0.15) is 5.10 Å². The summed E-state index contributed by atoms with van der Waals surface area (Å²) in [5.41, 5.74) is 1.74. The molecule has 1 aliphatic heterocycles. The Labute approximate surface area is 121 Å². The zero-order valence-corrected chi connectivity index (χ0v) is 13.4. The van der Waals surface area contributed by atoms with Crippen LogP contribution in [0.2, 0.25) is 0 Å². The van der Waals surface area contributed by atoms with Crippen LogP contribution in [-0.4, -0.2) is 53.8 Å². The molecule has 1 aliphatic rings. The normalized spacial score (nSPS) is 17.6. The van der Waals surface area contributed by atoms with Crippen molar-refractivity contribution in [2.45, 2.75) is 39.7 Å². The number of aromatic nitrogens is 2. The molecular weight excluding hydrogens is 252 g/mol. The number of nitrogens with zero attached hydrogens (tertiary/aromatic N) is 3. The first kappa shape index (κ1) is 15.0. The Kier molecular flexibility index (Phi) is 4.18. The maximum atomic E-state index is 12.7. The van der Waals surface area contributed by atoms with Crippen LogP contribution in [-0.2, 0) is 12.0 Å². The molecule has 0 atom stereocenters. The van der Waals surface area contributed by atoms with E-state index in [0.29, 0.717) is 0 Å². The summed E-state index contributed by atoms with van der Waals surface area (Å²) >= 11 is 0. The van der Waals surface area contributed by atoms with Crippen molar-refractivity contribution in [2.24, 2.45) is 0 Å². The van der Waals surface area contributed by atoms with Crippen molar-refractivity contribution in [2.75, 3.05) is 33.2 Å². The molecule has 2 heterocycles. The van der Waals surface area contributed by atoms with Gasteiger partial charge in [-0.15, -0.1) is 0 Å². The average molecular weight is 279 g/mol. The highest BCUT2D eigenvalue weighted by Crippen LogP contribution is 2.20. The summed E-state index contributed by atoms with van der Waals surface area (Å²) in [6.45, 7) is 12.2. The van der Waals surface area contributed by atoms with Crippen LogP contribution in [0.25, 0.3) is 0 Å². The second-order valence-corrected chi connectivity index (χ2v) is 6.69. The fraction of sp³-hybridized carbons (Fsp3) is 0.733. The Morgan fingerprint density at radius 3 is 2.45 bits per heavy atom. The lowest BCUT2D eigenvalue weighted by Gasteiger charge is -2.30. The van der Waals surface area contributed by atoms with Crippen LogP contribution >= 0.6 is 0 Å². The third kappa shape index (κ3) is 2.87. The quantitative estimate of drug-likeness (QED) is 0.839. The number of hydrogen-bond donors (Lipinski definition) is 1. The summed E-state index contributed by atoms with van der Waals surface area (Å²) < 4.78 is 1.99. The molecule has 0 saturated carbocycles. The second-order valence-electron chi connectivity index (χ2n) is 6.69. The van der Waals surface area contributed by atoms with E-state index in [2.05, 4.69) is 39.8 Å². The second kappa shape index (κ2) is 5.56. The number of carbonyl (C=O) groups excluding carboxylic acids is 1. The lowest BCUT2D eigenvalue weighted by Crippen LogP contribution is -3.12. The van der Waals surface area contributed by atoms with Gasteiger partial charge < -0.3 is 9.80 Å². The minimum Gasteiger partial charge on any atom is -0.334 e. The summed E-state index contributed by atoms with van der Waals surface area (Å²) in [7, 11) is 2.18. The molecule has 1 aromatic rings. The largest absolute Gasteiger partial charge is 0.334 e. The highest BCUT2D eigenvalue weighted by molar-refractivity contribution is 5.95. The van der Waals surface area contributed by atoms with Crippen LogP contribution in [0.15, 0.2) is 6.20 Å². The molecule has 2 rings (SSSR count). The minimum absolute atomic E-state index is 0.0872. The summed E-state index contributed by atoms with van der Waals surface area (Å²) in [4.78, 5) is 16.2. The van der Waals surface area contributed by atoms with E-state index in [1.165, 1.54) is 4.90 Å². The summed E-state index contributed by atoms with van der Waals surface area (Å²) in [5, 5.41) is 4.45. The lowest BCUT2D eigenvalue weighted by molar-refractivity contribution is -0.883. The average Bonchev–Trinajstić information content (AvgIpc) is 2.82. The van der Waals surface area contributed by atoms with Crippen molar-refractivity contribution < 1.29 is 9.69 Å². The third-order valence-electron chi connectivity index (χ3n) is 3.97. The van der Waals surface area contributed by atoms with E-state index in [9.17, 15) is 4.79 Å². The molecule has 1 fully saturated rings. The van der Waals surface area contributed by atoms with Gasteiger partial charge in [0.2, 0.25) is 0 Å². The van der Waals surface area contributed by atoms with E-state index in [1.54, 1.807) is 6.20 Å². The Morgan fingerprint density at radius 2 is 1.95 bits per heavy atom. The molecule has 0 aromatic carbocycles. The van der Waals surface area contributed by atoms with Gasteiger partial charge in [0.1, 0.15) is 0 Å². The number of amides is 1. The molecule has 5 heteroatoms. The predicted octanol–water partition coefficient (Wildman–Crippen LogP) is 0.171. The van der Waals surface area contributed by atoms with Crippen molar-refractivity contribution in [3.05, 3.63) is 17.5 Å². The first-order valence-corrected chi connectivity index (χ1v) is 7.52. The van der Waals surface area contributed by atoms with Gasteiger partial charge >= 0.3 is 0 Å². The summed E-state index contributed by atoms with van der Waals surface area (Å²) in [5.74, 6) is 0.143. The van der Waals surface area contributed by atoms with Gasteiger partial charge in [0, 0.05) is 0 Å².